The summed E-state index contributed by atoms with van der Waals surface area (Å²) in [5, 5.41) is 5.53. The van der Waals surface area contributed by atoms with E-state index in [9.17, 15) is 14.4 Å². The third kappa shape index (κ3) is 6.04. The predicted octanol–water partition coefficient (Wildman–Crippen LogP) is 1.93. The molecule has 30 heavy (non-hydrogen) atoms. The van der Waals surface area contributed by atoms with Crippen molar-refractivity contribution in [3.05, 3.63) is 46.2 Å². The van der Waals surface area contributed by atoms with Gasteiger partial charge in [0.25, 0.3) is 5.91 Å². The molecule has 0 unspecified atom stereocenters. The van der Waals surface area contributed by atoms with E-state index in [-0.39, 0.29) is 24.3 Å². The maximum atomic E-state index is 12.6. The number of rotatable bonds is 7. The van der Waals surface area contributed by atoms with Crippen molar-refractivity contribution in [1.29, 1.82) is 0 Å². The maximum Gasteiger partial charge on any atom is 0.264 e. The summed E-state index contributed by atoms with van der Waals surface area (Å²) < 4.78 is 5.36. The number of likely N-dealkylation sites (N-methyl/N-ethyl adjacent to an activating group) is 1. The van der Waals surface area contributed by atoms with E-state index in [1.165, 1.54) is 23.2 Å². The van der Waals surface area contributed by atoms with E-state index in [0.717, 1.165) is 36.9 Å². The van der Waals surface area contributed by atoms with Crippen LogP contribution in [0.15, 0.2) is 36.4 Å². The monoisotopic (exact) mass is 430 g/mol. The Hall–Kier alpha value is -2.91. The molecule has 1 aromatic carbocycles. The van der Waals surface area contributed by atoms with E-state index in [1.54, 1.807) is 19.2 Å². The molecule has 0 aliphatic carbocycles. The zero-order chi connectivity index (χ0) is 21.5. The van der Waals surface area contributed by atoms with Crippen LogP contribution >= 0.6 is 11.3 Å². The molecule has 8 nitrogen and oxygen atoms in total. The second-order valence-electron chi connectivity index (χ2n) is 7.03. The smallest absolute Gasteiger partial charge is 0.264 e. The molecule has 3 amide bonds. The maximum absolute atomic E-state index is 12.6. The first-order chi connectivity index (χ1) is 14.4. The molecule has 0 bridgehead atoms. The largest absolute Gasteiger partial charge is 0.378 e. The van der Waals surface area contributed by atoms with Crippen molar-refractivity contribution in [2.45, 2.75) is 13.5 Å². The second kappa shape index (κ2) is 10.2. The summed E-state index contributed by atoms with van der Waals surface area (Å²) in [7, 11) is 1.59. The Balaban J connectivity index is 1.50. The number of morpholine rings is 1. The fourth-order valence-corrected chi connectivity index (χ4v) is 3.99. The van der Waals surface area contributed by atoms with Crippen molar-refractivity contribution < 1.29 is 19.1 Å². The van der Waals surface area contributed by atoms with Crippen molar-refractivity contribution in [2.24, 2.45) is 0 Å². The molecular formula is C21H26N4O4S. The molecule has 1 aromatic heterocycles. The summed E-state index contributed by atoms with van der Waals surface area (Å²) >= 11 is 1.31. The van der Waals surface area contributed by atoms with E-state index in [0.29, 0.717) is 17.1 Å². The lowest BCUT2D eigenvalue weighted by molar-refractivity contribution is -0.119. The van der Waals surface area contributed by atoms with Gasteiger partial charge in [-0.2, -0.15) is 0 Å². The van der Waals surface area contributed by atoms with Crippen molar-refractivity contribution >= 4 is 40.4 Å². The average Bonchev–Trinajstić information content (AvgIpc) is 3.22. The number of hydrogen-bond acceptors (Lipinski definition) is 6. The highest BCUT2D eigenvalue weighted by Gasteiger charge is 2.17. The number of benzene rings is 1. The number of anilines is 2. The van der Waals surface area contributed by atoms with Crippen LogP contribution in [-0.4, -0.2) is 62.5 Å². The van der Waals surface area contributed by atoms with Gasteiger partial charge in [0, 0.05) is 43.3 Å². The number of hydrogen-bond donors (Lipinski definition) is 2. The lowest BCUT2D eigenvalue weighted by Crippen LogP contribution is -2.36. The number of thiophene rings is 1. The summed E-state index contributed by atoms with van der Waals surface area (Å²) in [5.74, 6) is -0.616. The van der Waals surface area contributed by atoms with E-state index < -0.39 is 0 Å². The Bertz CT molecular complexity index is 891. The van der Waals surface area contributed by atoms with Gasteiger partial charge in [0.05, 0.1) is 31.2 Å². The molecule has 3 rings (SSSR count). The lowest BCUT2D eigenvalue weighted by Gasteiger charge is -2.28. The van der Waals surface area contributed by atoms with Crippen LogP contribution in [0.25, 0.3) is 0 Å². The minimum absolute atomic E-state index is 0.0526. The number of ether oxygens (including phenoxy) is 1. The quantitative estimate of drug-likeness (QED) is 0.701. The van der Waals surface area contributed by atoms with Crippen LogP contribution in [0.3, 0.4) is 0 Å². The summed E-state index contributed by atoms with van der Waals surface area (Å²) in [6.45, 7) is 4.93. The molecule has 1 aliphatic rings. The molecule has 9 heteroatoms. The van der Waals surface area contributed by atoms with E-state index in [4.69, 9.17) is 4.74 Å². The Morgan fingerprint density at radius 2 is 1.80 bits per heavy atom. The van der Waals surface area contributed by atoms with Crippen LogP contribution in [0.4, 0.5) is 11.4 Å². The predicted molar refractivity (Wildman–Crippen MR) is 117 cm³/mol. The molecule has 2 heterocycles. The van der Waals surface area contributed by atoms with Crippen LogP contribution < -0.4 is 15.5 Å². The van der Waals surface area contributed by atoms with Gasteiger partial charge in [-0.3, -0.25) is 14.4 Å². The highest BCUT2D eigenvalue weighted by Crippen LogP contribution is 2.20. The Labute approximate surface area is 179 Å². The molecule has 1 aliphatic heterocycles. The zero-order valence-electron chi connectivity index (χ0n) is 17.1. The molecule has 2 aromatic rings. The van der Waals surface area contributed by atoms with Crippen molar-refractivity contribution in [2.75, 3.05) is 50.1 Å². The van der Waals surface area contributed by atoms with Crippen LogP contribution in [0.2, 0.25) is 0 Å². The summed E-state index contributed by atoms with van der Waals surface area (Å²) in [4.78, 5) is 40.9. The van der Waals surface area contributed by atoms with Crippen LogP contribution in [-0.2, 0) is 20.9 Å². The summed E-state index contributed by atoms with van der Waals surface area (Å²) in [6, 6.07) is 11.2. The first kappa shape index (κ1) is 21.8. The van der Waals surface area contributed by atoms with E-state index >= 15 is 0 Å². The SMILES string of the molecule is CC(=O)NCc1ccc(C(=O)N(C)CC(=O)Nc2ccc(N3CCOCC3)cc2)s1. The van der Waals surface area contributed by atoms with Crippen molar-refractivity contribution in [3.63, 3.8) is 0 Å². The summed E-state index contributed by atoms with van der Waals surface area (Å²) in [5.41, 5.74) is 1.78. The second-order valence-corrected chi connectivity index (χ2v) is 8.20. The van der Waals surface area contributed by atoms with Crippen LogP contribution in [0.5, 0.6) is 0 Å². The van der Waals surface area contributed by atoms with Gasteiger partial charge in [0.1, 0.15) is 0 Å². The minimum Gasteiger partial charge on any atom is -0.378 e. The zero-order valence-corrected chi connectivity index (χ0v) is 18.0. The third-order valence-electron chi connectivity index (χ3n) is 4.64. The molecule has 1 fully saturated rings. The van der Waals surface area contributed by atoms with Gasteiger partial charge in [-0.05, 0) is 36.4 Å². The van der Waals surface area contributed by atoms with Gasteiger partial charge in [-0.15, -0.1) is 11.3 Å². The van der Waals surface area contributed by atoms with Crippen LogP contribution in [0.1, 0.15) is 21.5 Å². The molecule has 0 saturated carbocycles. The minimum atomic E-state index is -0.264. The molecule has 160 valence electrons. The lowest BCUT2D eigenvalue weighted by atomic mass is 10.2. The highest BCUT2D eigenvalue weighted by molar-refractivity contribution is 7.14. The number of carbonyl (C=O) groups excluding carboxylic acids is 3. The molecule has 2 N–H and O–H groups in total. The Morgan fingerprint density at radius 1 is 1.10 bits per heavy atom. The Kier molecular flexibility index (Phi) is 7.42. The molecular weight excluding hydrogens is 404 g/mol. The van der Waals surface area contributed by atoms with Gasteiger partial charge < -0.3 is 25.2 Å². The van der Waals surface area contributed by atoms with Gasteiger partial charge >= 0.3 is 0 Å². The van der Waals surface area contributed by atoms with Gasteiger partial charge in [-0.1, -0.05) is 0 Å². The van der Waals surface area contributed by atoms with Gasteiger partial charge in [0.2, 0.25) is 11.8 Å². The molecule has 1 saturated heterocycles. The van der Waals surface area contributed by atoms with Gasteiger partial charge in [0.15, 0.2) is 0 Å². The standard InChI is InChI=1S/C21H26N4O4S/c1-15(26)22-13-18-7-8-19(30-18)21(28)24(2)14-20(27)23-16-3-5-17(6-4-16)25-9-11-29-12-10-25/h3-8H,9-14H2,1-2H3,(H,22,26)(H,23,27). The molecule has 0 radical (unpaired) electrons. The normalized spacial score (nSPS) is 13.6. The average molecular weight is 431 g/mol. The number of nitrogens with zero attached hydrogens (tertiary/aromatic N) is 2. The van der Waals surface area contributed by atoms with Crippen molar-refractivity contribution in [1.82, 2.24) is 10.2 Å². The summed E-state index contributed by atoms with van der Waals surface area (Å²) in [6.07, 6.45) is 0. The fourth-order valence-electron chi connectivity index (χ4n) is 3.05. The topological polar surface area (TPSA) is 91.0 Å². The Morgan fingerprint density at radius 3 is 2.47 bits per heavy atom. The third-order valence-corrected chi connectivity index (χ3v) is 5.71. The van der Waals surface area contributed by atoms with Crippen LogP contribution in [0, 0.1) is 0 Å². The van der Waals surface area contributed by atoms with E-state index in [2.05, 4.69) is 15.5 Å². The highest BCUT2D eigenvalue weighted by atomic mass is 32.1. The number of nitrogens with one attached hydrogen (secondary N) is 2. The number of carbonyl (C=O) groups is 3. The first-order valence-corrected chi connectivity index (χ1v) is 10.6. The van der Waals surface area contributed by atoms with Crippen molar-refractivity contribution in [3.8, 4) is 0 Å². The van der Waals surface area contributed by atoms with Gasteiger partial charge in [-0.25, -0.2) is 0 Å². The first-order valence-electron chi connectivity index (χ1n) is 9.73. The van der Waals surface area contributed by atoms with E-state index in [1.807, 2.05) is 24.3 Å². The molecule has 0 spiro atoms. The molecule has 0 atom stereocenters. The fraction of sp³-hybridized carbons (Fsp3) is 0.381. The number of amides is 3.